The van der Waals surface area contributed by atoms with Crippen molar-refractivity contribution in [2.24, 2.45) is 5.73 Å². The molecule has 0 aliphatic carbocycles. The van der Waals surface area contributed by atoms with Crippen molar-refractivity contribution in [3.63, 3.8) is 0 Å². The highest BCUT2D eigenvalue weighted by Crippen LogP contribution is 2.10. The van der Waals surface area contributed by atoms with E-state index in [4.69, 9.17) is 5.73 Å². The molecule has 1 rings (SSSR count). The summed E-state index contributed by atoms with van der Waals surface area (Å²) in [6.07, 6.45) is -0.508. The topological polar surface area (TPSA) is 49.5 Å². The first kappa shape index (κ1) is 13.1. The van der Waals surface area contributed by atoms with Crippen LogP contribution in [-0.2, 0) is 6.54 Å². The van der Waals surface area contributed by atoms with Crippen LogP contribution in [0.25, 0.3) is 0 Å². The number of halogens is 1. The summed E-state index contributed by atoms with van der Waals surface area (Å²) in [5.41, 5.74) is 7.01. The zero-order valence-corrected chi connectivity index (χ0v) is 9.78. The first-order valence-electron chi connectivity index (χ1n) is 5.34. The van der Waals surface area contributed by atoms with Crippen LogP contribution in [0.15, 0.2) is 18.2 Å². The van der Waals surface area contributed by atoms with E-state index in [1.54, 1.807) is 13.0 Å². The number of hydrogen-bond acceptors (Lipinski definition) is 3. The predicted molar refractivity (Wildman–Crippen MR) is 62.5 cm³/mol. The third kappa shape index (κ3) is 3.89. The first-order chi connectivity index (χ1) is 7.52. The van der Waals surface area contributed by atoms with E-state index in [1.165, 1.54) is 6.07 Å². The van der Waals surface area contributed by atoms with Gasteiger partial charge in [0.15, 0.2) is 0 Å². The maximum absolute atomic E-state index is 13.0. The molecule has 0 amide bonds. The van der Waals surface area contributed by atoms with Crippen LogP contribution in [0.1, 0.15) is 11.1 Å². The summed E-state index contributed by atoms with van der Waals surface area (Å²) in [7, 11) is 1.90. The largest absolute Gasteiger partial charge is 0.390 e. The van der Waals surface area contributed by atoms with Crippen molar-refractivity contribution in [1.82, 2.24) is 4.90 Å². The molecule has 1 unspecified atom stereocenters. The number of aliphatic hydroxyl groups excluding tert-OH is 1. The van der Waals surface area contributed by atoms with Crippen LogP contribution in [0, 0.1) is 12.7 Å². The summed E-state index contributed by atoms with van der Waals surface area (Å²) in [5.74, 6) is -0.187. The Bertz CT molecular complexity index is 344. The van der Waals surface area contributed by atoms with Crippen molar-refractivity contribution in [2.45, 2.75) is 19.6 Å². The Morgan fingerprint density at radius 2 is 2.19 bits per heavy atom. The molecule has 1 atom stereocenters. The minimum Gasteiger partial charge on any atom is -0.390 e. The van der Waals surface area contributed by atoms with Crippen LogP contribution in [0.5, 0.6) is 0 Å². The molecular weight excluding hydrogens is 207 g/mol. The van der Waals surface area contributed by atoms with E-state index >= 15 is 0 Å². The highest BCUT2D eigenvalue weighted by atomic mass is 19.1. The average Bonchev–Trinajstić information content (AvgIpc) is 2.23. The molecule has 0 bridgehead atoms. The number of hydrogen-bond donors (Lipinski definition) is 2. The molecule has 4 heteroatoms. The number of nitrogens with zero attached hydrogens (tertiary/aromatic N) is 1. The predicted octanol–water partition coefficient (Wildman–Crippen LogP) is 0.886. The van der Waals surface area contributed by atoms with Gasteiger partial charge in [-0.2, -0.15) is 0 Å². The van der Waals surface area contributed by atoms with Gasteiger partial charge in [-0.1, -0.05) is 12.1 Å². The zero-order chi connectivity index (χ0) is 12.1. The maximum Gasteiger partial charge on any atom is 0.126 e. The van der Waals surface area contributed by atoms with Crippen molar-refractivity contribution >= 4 is 0 Å². The summed E-state index contributed by atoms with van der Waals surface area (Å²) in [6.45, 7) is 3.20. The SMILES string of the molecule is Cc1cc(CN(C)CC(O)CN)ccc1F. The van der Waals surface area contributed by atoms with Gasteiger partial charge in [0.25, 0.3) is 0 Å². The molecule has 0 saturated heterocycles. The summed E-state index contributed by atoms with van der Waals surface area (Å²) in [5, 5.41) is 9.38. The lowest BCUT2D eigenvalue weighted by molar-refractivity contribution is 0.129. The van der Waals surface area contributed by atoms with E-state index in [9.17, 15) is 9.50 Å². The summed E-state index contributed by atoms with van der Waals surface area (Å²) in [6, 6.07) is 5.05. The van der Waals surface area contributed by atoms with Gasteiger partial charge < -0.3 is 10.8 Å². The quantitative estimate of drug-likeness (QED) is 0.784. The lowest BCUT2D eigenvalue weighted by atomic mass is 10.1. The van der Waals surface area contributed by atoms with Crippen molar-refractivity contribution in [2.75, 3.05) is 20.1 Å². The van der Waals surface area contributed by atoms with Gasteiger partial charge in [0.05, 0.1) is 6.10 Å². The second-order valence-corrected chi connectivity index (χ2v) is 4.17. The van der Waals surface area contributed by atoms with E-state index < -0.39 is 6.10 Å². The number of aliphatic hydroxyl groups is 1. The monoisotopic (exact) mass is 226 g/mol. The second-order valence-electron chi connectivity index (χ2n) is 4.17. The molecule has 0 spiro atoms. The van der Waals surface area contributed by atoms with Gasteiger partial charge in [0, 0.05) is 19.6 Å². The molecule has 0 aliphatic heterocycles. The van der Waals surface area contributed by atoms with Crippen LogP contribution in [0.3, 0.4) is 0 Å². The van der Waals surface area contributed by atoms with E-state index in [2.05, 4.69) is 0 Å². The Morgan fingerprint density at radius 3 is 2.75 bits per heavy atom. The van der Waals surface area contributed by atoms with Crippen LogP contribution in [0.2, 0.25) is 0 Å². The minimum atomic E-state index is -0.508. The number of nitrogens with two attached hydrogens (primary N) is 1. The molecule has 0 fully saturated rings. The molecule has 90 valence electrons. The normalized spacial score (nSPS) is 13.1. The Hall–Kier alpha value is -0.970. The maximum atomic E-state index is 13.0. The smallest absolute Gasteiger partial charge is 0.126 e. The fourth-order valence-corrected chi connectivity index (χ4v) is 1.62. The van der Waals surface area contributed by atoms with Gasteiger partial charge in [-0.25, -0.2) is 4.39 Å². The van der Waals surface area contributed by atoms with Gasteiger partial charge >= 0.3 is 0 Å². The lowest BCUT2D eigenvalue weighted by Gasteiger charge is -2.19. The Kier molecular flexibility index (Phi) is 4.86. The van der Waals surface area contributed by atoms with Crippen molar-refractivity contribution < 1.29 is 9.50 Å². The molecule has 1 aromatic carbocycles. The average molecular weight is 226 g/mol. The van der Waals surface area contributed by atoms with Crippen LogP contribution in [0.4, 0.5) is 4.39 Å². The van der Waals surface area contributed by atoms with Gasteiger partial charge in [-0.3, -0.25) is 4.90 Å². The van der Waals surface area contributed by atoms with E-state index in [1.807, 2.05) is 18.0 Å². The number of benzene rings is 1. The Balaban J connectivity index is 2.56. The molecule has 0 aromatic heterocycles. The summed E-state index contributed by atoms with van der Waals surface area (Å²) >= 11 is 0. The minimum absolute atomic E-state index is 0.187. The van der Waals surface area contributed by atoms with Crippen molar-refractivity contribution in [1.29, 1.82) is 0 Å². The van der Waals surface area contributed by atoms with E-state index in [-0.39, 0.29) is 12.4 Å². The fraction of sp³-hybridized carbons (Fsp3) is 0.500. The molecule has 3 N–H and O–H groups in total. The summed E-state index contributed by atoms with van der Waals surface area (Å²) < 4.78 is 13.0. The Labute approximate surface area is 95.7 Å². The highest BCUT2D eigenvalue weighted by molar-refractivity contribution is 5.23. The lowest BCUT2D eigenvalue weighted by Crippen LogP contribution is -2.33. The molecule has 3 nitrogen and oxygen atoms in total. The second kappa shape index (κ2) is 5.94. The number of rotatable bonds is 5. The first-order valence-corrected chi connectivity index (χ1v) is 5.34. The Morgan fingerprint density at radius 1 is 1.50 bits per heavy atom. The number of aryl methyl sites for hydroxylation is 1. The van der Waals surface area contributed by atoms with Crippen LogP contribution in [-0.4, -0.2) is 36.2 Å². The molecule has 1 aromatic rings. The third-order valence-electron chi connectivity index (χ3n) is 2.47. The van der Waals surface area contributed by atoms with Gasteiger partial charge in [-0.15, -0.1) is 0 Å². The molecule has 0 saturated carbocycles. The van der Waals surface area contributed by atoms with Gasteiger partial charge in [0.1, 0.15) is 5.82 Å². The van der Waals surface area contributed by atoms with Crippen molar-refractivity contribution in [3.8, 4) is 0 Å². The summed E-state index contributed by atoms with van der Waals surface area (Å²) in [4.78, 5) is 1.96. The van der Waals surface area contributed by atoms with Gasteiger partial charge in [-0.05, 0) is 31.2 Å². The molecule has 16 heavy (non-hydrogen) atoms. The van der Waals surface area contributed by atoms with Crippen LogP contribution < -0.4 is 5.73 Å². The molecular formula is C12H19FN2O. The third-order valence-corrected chi connectivity index (χ3v) is 2.47. The fourth-order valence-electron chi connectivity index (χ4n) is 1.62. The van der Waals surface area contributed by atoms with E-state index in [0.717, 1.165) is 5.56 Å². The highest BCUT2D eigenvalue weighted by Gasteiger charge is 2.07. The zero-order valence-electron chi connectivity index (χ0n) is 9.78. The number of likely N-dealkylation sites (N-methyl/N-ethyl adjacent to an activating group) is 1. The van der Waals surface area contributed by atoms with Crippen LogP contribution >= 0.6 is 0 Å². The molecule has 0 radical (unpaired) electrons. The molecule has 0 aliphatic rings. The van der Waals surface area contributed by atoms with Crippen molar-refractivity contribution in [3.05, 3.63) is 35.1 Å². The molecule has 0 heterocycles. The van der Waals surface area contributed by atoms with Gasteiger partial charge in [0.2, 0.25) is 0 Å². The standard InChI is InChI=1S/C12H19FN2O/c1-9-5-10(3-4-12(9)13)7-15(2)8-11(16)6-14/h3-5,11,16H,6-8,14H2,1-2H3. The van der Waals surface area contributed by atoms with E-state index in [0.29, 0.717) is 18.7 Å².